The number of hydrogen-bond donors (Lipinski definition) is 2. The van der Waals surface area contributed by atoms with Gasteiger partial charge in [-0.2, -0.15) is 0 Å². The van der Waals surface area contributed by atoms with Crippen LogP contribution in [0.25, 0.3) is 0 Å². The van der Waals surface area contributed by atoms with Crippen LogP contribution in [0, 0.1) is 0 Å². The fourth-order valence-electron chi connectivity index (χ4n) is 4.37. The summed E-state index contributed by atoms with van der Waals surface area (Å²) in [7, 11) is 0. The molecule has 2 N–H and O–H groups in total. The van der Waals surface area contributed by atoms with Crippen molar-refractivity contribution in [2.75, 3.05) is 0 Å². The maximum atomic E-state index is 10.4. The highest BCUT2D eigenvalue weighted by Crippen LogP contribution is 2.37. The van der Waals surface area contributed by atoms with E-state index in [0.29, 0.717) is 23.0 Å². The molecule has 2 atom stereocenters. The second-order valence-corrected chi connectivity index (χ2v) is 10.2. The molecule has 0 aliphatic heterocycles. The number of phenolic OH excluding ortho intramolecular Hbond substituents is 2. The molecule has 0 amide bonds. The Morgan fingerprint density at radius 3 is 1.11 bits per heavy atom. The zero-order valence-corrected chi connectivity index (χ0v) is 22.5. The van der Waals surface area contributed by atoms with E-state index < -0.39 is 0 Å². The maximum absolute atomic E-state index is 10.4. The number of rotatable bonds is 9. The molecule has 0 saturated carbocycles. The summed E-state index contributed by atoms with van der Waals surface area (Å²) in [5.74, 6) is 1.21. The smallest absolute Gasteiger partial charge is 0.124 e. The predicted molar refractivity (Wildman–Crippen MR) is 158 cm³/mol. The second kappa shape index (κ2) is 12.4. The Labute approximate surface area is 226 Å². The van der Waals surface area contributed by atoms with Gasteiger partial charge in [0.1, 0.15) is 23.6 Å². The van der Waals surface area contributed by atoms with Crippen molar-refractivity contribution < 1.29 is 10.2 Å². The molecule has 0 aliphatic carbocycles. The molecule has 0 unspecified atom stereocenters. The van der Waals surface area contributed by atoms with E-state index in [2.05, 4.69) is 76.2 Å². The van der Waals surface area contributed by atoms with Crippen molar-refractivity contribution in [3.05, 3.63) is 130 Å². The molecule has 0 heterocycles. The molecule has 0 bridgehead atoms. The van der Waals surface area contributed by atoms with Crippen molar-refractivity contribution >= 4 is 12.4 Å². The first-order valence-corrected chi connectivity index (χ1v) is 13.2. The molecule has 4 rings (SSSR count). The van der Waals surface area contributed by atoms with Gasteiger partial charge in [-0.3, -0.25) is 9.98 Å². The van der Waals surface area contributed by atoms with E-state index in [1.54, 1.807) is 36.7 Å². The first-order chi connectivity index (χ1) is 18.3. The number of nitrogens with zero attached hydrogens (tertiary/aromatic N) is 2. The van der Waals surface area contributed by atoms with E-state index >= 15 is 0 Å². The first kappa shape index (κ1) is 26.9. The lowest BCUT2D eigenvalue weighted by atomic mass is 9.91. The van der Waals surface area contributed by atoms with E-state index in [9.17, 15) is 10.2 Å². The van der Waals surface area contributed by atoms with E-state index in [-0.39, 0.29) is 23.6 Å². The van der Waals surface area contributed by atoms with Gasteiger partial charge in [0.2, 0.25) is 0 Å². The summed E-state index contributed by atoms with van der Waals surface area (Å²) in [4.78, 5) is 10.0. The van der Waals surface area contributed by atoms with E-state index in [1.165, 1.54) is 11.1 Å². The summed E-state index contributed by atoms with van der Waals surface area (Å²) in [6.07, 6.45) is 3.45. The Bertz CT molecular complexity index is 1280. The molecule has 0 fully saturated rings. The van der Waals surface area contributed by atoms with Crippen molar-refractivity contribution in [1.82, 2.24) is 0 Å². The third-order valence-corrected chi connectivity index (χ3v) is 6.81. The summed E-state index contributed by atoms with van der Waals surface area (Å²) in [5.41, 5.74) is 5.85. The van der Waals surface area contributed by atoms with Crippen molar-refractivity contribution in [3.63, 3.8) is 0 Å². The fraction of sp³-hybridized carbons (Fsp3) is 0.235. The number of para-hydroxylation sites is 2. The van der Waals surface area contributed by atoms with Crippen LogP contribution < -0.4 is 0 Å². The Kier molecular flexibility index (Phi) is 8.75. The average Bonchev–Trinajstić information content (AvgIpc) is 2.92. The van der Waals surface area contributed by atoms with Crippen LogP contribution in [-0.4, -0.2) is 22.6 Å². The fourth-order valence-corrected chi connectivity index (χ4v) is 4.37. The molecule has 4 aromatic rings. The number of aliphatic imine (C=N–C) groups is 2. The number of aromatic hydroxyl groups is 2. The van der Waals surface area contributed by atoms with Gasteiger partial charge in [0, 0.05) is 23.6 Å². The third-order valence-electron chi connectivity index (χ3n) is 6.81. The summed E-state index contributed by atoms with van der Waals surface area (Å²) in [6, 6.07) is 30.7. The topological polar surface area (TPSA) is 65.2 Å². The molecule has 4 nitrogen and oxygen atoms in total. The molecule has 0 radical (unpaired) electrons. The summed E-state index contributed by atoms with van der Waals surface area (Å²) < 4.78 is 0. The zero-order valence-electron chi connectivity index (χ0n) is 22.5. The monoisotopic (exact) mass is 504 g/mol. The largest absolute Gasteiger partial charge is 0.507 e. The van der Waals surface area contributed by atoms with Crippen LogP contribution in [0.15, 0.2) is 107 Å². The van der Waals surface area contributed by atoms with Crippen molar-refractivity contribution in [2.24, 2.45) is 9.98 Å². The quantitative estimate of drug-likeness (QED) is 0.225. The van der Waals surface area contributed by atoms with Crippen LogP contribution in [0.4, 0.5) is 0 Å². The van der Waals surface area contributed by atoms with Gasteiger partial charge in [0.15, 0.2) is 0 Å². The Morgan fingerprint density at radius 2 is 0.789 bits per heavy atom. The lowest BCUT2D eigenvalue weighted by molar-refractivity contribution is 0.473. The highest BCUT2D eigenvalue weighted by Gasteiger charge is 2.24. The van der Waals surface area contributed by atoms with Crippen LogP contribution in [0.2, 0.25) is 0 Å². The van der Waals surface area contributed by atoms with Crippen molar-refractivity contribution in [1.29, 1.82) is 0 Å². The van der Waals surface area contributed by atoms with E-state index in [0.717, 1.165) is 11.1 Å². The molecule has 194 valence electrons. The van der Waals surface area contributed by atoms with Gasteiger partial charge in [0.05, 0.1) is 0 Å². The minimum Gasteiger partial charge on any atom is -0.507 e. The van der Waals surface area contributed by atoms with Gasteiger partial charge in [-0.1, -0.05) is 100 Å². The van der Waals surface area contributed by atoms with Gasteiger partial charge in [-0.05, 0) is 58.4 Å². The predicted octanol–water partition coefficient (Wildman–Crippen LogP) is 8.37. The molecule has 0 spiro atoms. The molecule has 38 heavy (non-hydrogen) atoms. The first-order valence-electron chi connectivity index (χ1n) is 13.2. The maximum Gasteiger partial charge on any atom is 0.124 e. The van der Waals surface area contributed by atoms with Gasteiger partial charge >= 0.3 is 0 Å². The highest BCUT2D eigenvalue weighted by molar-refractivity contribution is 5.84. The average molecular weight is 505 g/mol. The minimum atomic E-state index is -0.358. The normalized spacial score (nSPS) is 13.5. The zero-order chi connectivity index (χ0) is 27.1. The standard InChI is InChI=1S/C34H36N2O2/c1-23(2)25-13-17-27(18-14-25)33(35-21-29-9-5-7-11-31(29)37)34(28-19-15-26(16-20-28)24(3)4)36-22-30-10-6-8-12-32(30)38/h5-24,33-34,37-38H,1-4H3/t33-,34+. The summed E-state index contributed by atoms with van der Waals surface area (Å²) in [5, 5.41) is 20.7. The molecule has 0 saturated heterocycles. The lowest BCUT2D eigenvalue weighted by Gasteiger charge is -2.23. The minimum absolute atomic E-state index is 0.181. The van der Waals surface area contributed by atoms with Crippen LogP contribution in [0.5, 0.6) is 11.5 Å². The van der Waals surface area contributed by atoms with Gasteiger partial charge in [-0.15, -0.1) is 0 Å². The summed E-state index contributed by atoms with van der Waals surface area (Å²) in [6.45, 7) is 8.72. The van der Waals surface area contributed by atoms with Crippen LogP contribution in [0.1, 0.15) is 85.0 Å². The van der Waals surface area contributed by atoms with Crippen molar-refractivity contribution in [3.8, 4) is 11.5 Å². The van der Waals surface area contributed by atoms with Gasteiger partial charge < -0.3 is 10.2 Å². The van der Waals surface area contributed by atoms with Crippen molar-refractivity contribution in [2.45, 2.75) is 51.6 Å². The van der Waals surface area contributed by atoms with Crippen LogP contribution in [-0.2, 0) is 0 Å². The molecule has 4 heteroatoms. The molecular formula is C34H36N2O2. The number of benzene rings is 4. The van der Waals surface area contributed by atoms with E-state index in [1.807, 2.05) is 24.3 Å². The molecule has 4 aromatic carbocycles. The Hall–Kier alpha value is -4.18. The highest BCUT2D eigenvalue weighted by atomic mass is 16.3. The number of phenols is 2. The Morgan fingerprint density at radius 1 is 0.474 bits per heavy atom. The SMILES string of the molecule is CC(C)c1ccc([C@@H](N=Cc2ccccc2O)[C@@H](N=Cc2ccccc2O)c2ccc(C(C)C)cc2)cc1. The summed E-state index contributed by atoms with van der Waals surface area (Å²) >= 11 is 0. The lowest BCUT2D eigenvalue weighted by Crippen LogP contribution is -2.10. The third kappa shape index (κ3) is 6.57. The molecule has 0 aromatic heterocycles. The van der Waals surface area contributed by atoms with E-state index in [4.69, 9.17) is 9.98 Å². The second-order valence-electron chi connectivity index (χ2n) is 10.2. The van der Waals surface area contributed by atoms with Crippen LogP contribution >= 0.6 is 0 Å². The number of hydrogen-bond acceptors (Lipinski definition) is 4. The molecule has 0 aliphatic rings. The van der Waals surface area contributed by atoms with Gasteiger partial charge in [-0.25, -0.2) is 0 Å². The molecular weight excluding hydrogens is 468 g/mol. The Balaban J connectivity index is 1.84. The van der Waals surface area contributed by atoms with Crippen LogP contribution in [0.3, 0.4) is 0 Å². The van der Waals surface area contributed by atoms with Gasteiger partial charge in [0.25, 0.3) is 0 Å².